The van der Waals surface area contributed by atoms with Gasteiger partial charge >= 0.3 is 0 Å². The van der Waals surface area contributed by atoms with Gasteiger partial charge in [-0.15, -0.1) is 11.3 Å². The summed E-state index contributed by atoms with van der Waals surface area (Å²) in [5, 5.41) is 6.24. The number of hydrogen-bond acceptors (Lipinski definition) is 6. The van der Waals surface area contributed by atoms with Gasteiger partial charge in [0.05, 0.1) is 18.6 Å². The first kappa shape index (κ1) is 16.5. The van der Waals surface area contributed by atoms with Gasteiger partial charge in [0.15, 0.2) is 0 Å². The van der Waals surface area contributed by atoms with Crippen molar-refractivity contribution in [2.24, 2.45) is 11.3 Å². The highest BCUT2D eigenvalue weighted by Crippen LogP contribution is 2.42. The average Bonchev–Trinajstić information content (AvgIpc) is 3.30. The molecule has 1 amide bonds. The maximum atomic E-state index is 12.6. The molecular formula is C18H22N4O2S. The van der Waals surface area contributed by atoms with Crippen molar-refractivity contribution < 1.29 is 9.53 Å². The van der Waals surface area contributed by atoms with E-state index in [0.29, 0.717) is 19.0 Å². The first-order valence-electron chi connectivity index (χ1n) is 8.61. The molecule has 2 saturated heterocycles. The molecule has 132 valence electrons. The minimum Gasteiger partial charge on any atom is -0.477 e. The van der Waals surface area contributed by atoms with Crippen LogP contribution in [0, 0.1) is 18.3 Å². The number of carbonyl (C=O) groups excluding carboxylic acids is 1. The maximum Gasteiger partial charge on any atom is 0.228 e. The Morgan fingerprint density at radius 1 is 1.48 bits per heavy atom. The van der Waals surface area contributed by atoms with Gasteiger partial charge in [-0.25, -0.2) is 9.97 Å². The fourth-order valence-corrected chi connectivity index (χ4v) is 4.66. The Hall–Kier alpha value is -1.99. The van der Waals surface area contributed by atoms with E-state index in [9.17, 15) is 4.79 Å². The third kappa shape index (κ3) is 3.26. The van der Waals surface area contributed by atoms with Crippen LogP contribution in [0.15, 0.2) is 29.8 Å². The highest BCUT2D eigenvalue weighted by molar-refractivity contribution is 7.09. The number of pyridine rings is 1. The summed E-state index contributed by atoms with van der Waals surface area (Å²) < 4.78 is 5.85. The van der Waals surface area contributed by atoms with Crippen LogP contribution in [-0.4, -0.2) is 47.0 Å². The van der Waals surface area contributed by atoms with Crippen LogP contribution >= 0.6 is 11.3 Å². The zero-order valence-corrected chi connectivity index (χ0v) is 15.1. The zero-order chi connectivity index (χ0) is 17.3. The summed E-state index contributed by atoms with van der Waals surface area (Å²) in [5.74, 6) is 0.954. The van der Waals surface area contributed by atoms with E-state index >= 15 is 0 Å². The summed E-state index contributed by atoms with van der Waals surface area (Å²) in [6.07, 6.45) is 2.59. The van der Waals surface area contributed by atoms with E-state index in [1.807, 2.05) is 25.1 Å². The highest BCUT2D eigenvalue weighted by Gasteiger charge is 2.54. The number of nitrogens with zero attached hydrogens (tertiary/aromatic N) is 3. The van der Waals surface area contributed by atoms with Crippen molar-refractivity contribution in [1.82, 2.24) is 20.2 Å². The van der Waals surface area contributed by atoms with Crippen molar-refractivity contribution in [3.05, 3.63) is 40.5 Å². The molecule has 0 aliphatic carbocycles. The van der Waals surface area contributed by atoms with Gasteiger partial charge in [-0.1, -0.05) is 6.07 Å². The van der Waals surface area contributed by atoms with E-state index in [1.165, 1.54) is 0 Å². The van der Waals surface area contributed by atoms with E-state index in [-0.39, 0.29) is 17.2 Å². The summed E-state index contributed by atoms with van der Waals surface area (Å²) in [5.41, 5.74) is 0.718. The number of aryl methyl sites for hydroxylation is 1. The molecule has 0 saturated carbocycles. The van der Waals surface area contributed by atoms with Crippen molar-refractivity contribution in [2.45, 2.75) is 19.9 Å². The Morgan fingerprint density at radius 2 is 2.40 bits per heavy atom. The molecule has 0 aromatic carbocycles. The van der Waals surface area contributed by atoms with Crippen LogP contribution in [-0.2, 0) is 11.3 Å². The third-order valence-electron chi connectivity index (χ3n) is 5.22. The van der Waals surface area contributed by atoms with Crippen molar-refractivity contribution in [3.8, 4) is 5.88 Å². The molecule has 4 heterocycles. The van der Waals surface area contributed by atoms with Crippen molar-refractivity contribution in [2.75, 3.05) is 26.2 Å². The normalized spacial score (nSPS) is 26.3. The molecule has 0 radical (unpaired) electrons. The molecule has 7 heteroatoms. The number of aromatic nitrogens is 2. The zero-order valence-electron chi connectivity index (χ0n) is 14.3. The molecule has 1 spiro atoms. The van der Waals surface area contributed by atoms with Crippen LogP contribution in [0.4, 0.5) is 0 Å². The molecule has 2 aromatic rings. The molecule has 1 N–H and O–H groups in total. The van der Waals surface area contributed by atoms with Crippen LogP contribution in [0.3, 0.4) is 0 Å². The SMILES string of the molecule is Cc1csc(CN2CC[C@]3(C2)C(=O)NC[C@@H]3COc2ccccn2)n1. The Balaban J connectivity index is 1.42. The molecule has 0 unspecified atom stereocenters. The fourth-order valence-electron chi connectivity index (χ4n) is 3.84. The standard InChI is InChI=1S/C18H22N4O2S/c1-13-11-25-16(21-13)9-22-7-5-18(12-22)14(8-20-17(18)23)10-24-15-4-2-3-6-19-15/h2-4,6,11,14H,5,7-10,12H2,1H3,(H,20,23)/t14-,18-/m1/s1. The van der Waals surface area contributed by atoms with Crippen LogP contribution in [0.5, 0.6) is 5.88 Å². The summed E-state index contributed by atoms with van der Waals surface area (Å²) in [6.45, 7) is 5.72. The Morgan fingerprint density at radius 3 is 3.16 bits per heavy atom. The number of carbonyl (C=O) groups is 1. The quantitative estimate of drug-likeness (QED) is 0.884. The van der Waals surface area contributed by atoms with Crippen molar-refractivity contribution in [3.63, 3.8) is 0 Å². The number of rotatable bonds is 5. The molecule has 2 aliphatic rings. The van der Waals surface area contributed by atoms with Crippen LogP contribution in [0.1, 0.15) is 17.1 Å². The molecule has 6 nitrogen and oxygen atoms in total. The number of likely N-dealkylation sites (tertiary alicyclic amines) is 1. The number of ether oxygens (including phenoxy) is 1. The number of nitrogens with one attached hydrogen (secondary N) is 1. The predicted molar refractivity (Wildman–Crippen MR) is 95.4 cm³/mol. The smallest absolute Gasteiger partial charge is 0.228 e. The van der Waals surface area contributed by atoms with E-state index < -0.39 is 0 Å². The fraction of sp³-hybridized carbons (Fsp3) is 0.500. The topological polar surface area (TPSA) is 67.4 Å². The Kier molecular flexibility index (Phi) is 4.43. The summed E-state index contributed by atoms with van der Waals surface area (Å²) in [7, 11) is 0. The average molecular weight is 358 g/mol. The molecule has 2 fully saturated rings. The number of thiazole rings is 1. The molecule has 0 bridgehead atoms. The second-order valence-corrected chi connectivity index (χ2v) is 7.83. The van der Waals surface area contributed by atoms with Gasteiger partial charge in [-0.05, 0) is 26.0 Å². The second-order valence-electron chi connectivity index (χ2n) is 6.89. The predicted octanol–water partition coefficient (Wildman–Crippen LogP) is 1.86. The van der Waals surface area contributed by atoms with E-state index in [0.717, 1.165) is 36.8 Å². The van der Waals surface area contributed by atoms with Crippen LogP contribution < -0.4 is 10.1 Å². The van der Waals surface area contributed by atoms with Gasteiger partial charge in [-0.3, -0.25) is 9.69 Å². The van der Waals surface area contributed by atoms with Gasteiger partial charge in [0.25, 0.3) is 0 Å². The Bertz CT molecular complexity index is 751. The minimum absolute atomic E-state index is 0.167. The molecule has 2 atom stereocenters. The molecule has 25 heavy (non-hydrogen) atoms. The Labute approximate surface area is 151 Å². The third-order valence-corrected chi connectivity index (χ3v) is 6.17. The van der Waals surface area contributed by atoms with Gasteiger partial charge in [0.1, 0.15) is 5.01 Å². The minimum atomic E-state index is -0.346. The summed E-state index contributed by atoms with van der Waals surface area (Å²) in [4.78, 5) is 23.7. The molecular weight excluding hydrogens is 336 g/mol. The largest absolute Gasteiger partial charge is 0.477 e. The van der Waals surface area contributed by atoms with Crippen LogP contribution in [0.25, 0.3) is 0 Å². The maximum absolute atomic E-state index is 12.6. The van der Waals surface area contributed by atoms with E-state index in [2.05, 4.69) is 25.6 Å². The van der Waals surface area contributed by atoms with Gasteiger partial charge in [0.2, 0.25) is 11.8 Å². The van der Waals surface area contributed by atoms with Gasteiger partial charge < -0.3 is 10.1 Å². The molecule has 2 aliphatic heterocycles. The number of hydrogen-bond donors (Lipinski definition) is 1. The van der Waals surface area contributed by atoms with E-state index in [4.69, 9.17) is 4.74 Å². The lowest BCUT2D eigenvalue weighted by Crippen LogP contribution is -2.40. The van der Waals surface area contributed by atoms with E-state index in [1.54, 1.807) is 17.5 Å². The lowest BCUT2D eigenvalue weighted by Gasteiger charge is -2.28. The van der Waals surface area contributed by atoms with Crippen molar-refractivity contribution in [1.29, 1.82) is 0 Å². The van der Waals surface area contributed by atoms with Gasteiger partial charge in [-0.2, -0.15) is 0 Å². The lowest BCUT2D eigenvalue weighted by molar-refractivity contribution is -0.128. The van der Waals surface area contributed by atoms with Crippen molar-refractivity contribution >= 4 is 17.2 Å². The number of amides is 1. The van der Waals surface area contributed by atoms with Crippen LogP contribution in [0.2, 0.25) is 0 Å². The first-order chi connectivity index (χ1) is 12.2. The molecule has 4 rings (SSSR count). The summed E-state index contributed by atoms with van der Waals surface area (Å²) >= 11 is 1.69. The van der Waals surface area contributed by atoms with Gasteiger partial charge in [0, 0.05) is 42.3 Å². The monoisotopic (exact) mass is 358 g/mol. The summed E-state index contributed by atoms with van der Waals surface area (Å²) in [6, 6.07) is 5.62. The lowest BCUT2D eigenvalue weighted by atomic mass is 9.77. The first-order valence-corrected chi connectivity index (χ1v) is 9.49. The molecule has 2 aromatic heterocycles. The highest BCUT2D eigenvalue weighted by atomic mass is 32.1. The second kappa shape index (κ2) is 6.72.